The van der Waals surface area contributed by atoms with Gasteiger partial charge in [0.1, 0.15) is 0 Å². The lowest BCUT2D eigenvalue weighted by molar-refractivity contribution is 0.407. The summed E-state index contributed by atoms with van der Waals surface area (Å²) >= 11 is 0. The third-order valence-corrected chi connectivity index (χ3v) is 6.96. The highest BCUT2D eigenvalue weighted by molar-refractivity contribution is 7.89. The zero-order chi connectivity index (χ0) is 18.2. The van der Waals surface area contributed by atoms with Crippen molar-refractivity contribution in [3.8, 4) is 0 Å². The summed E-state index contributed by atoms with van der Waals surface area (Å²) in [4.78, 5) is 0.315. The quantitative estimate of drug-likeness (QED) is 0.773. The third-order valence-electron chi connectivity index (χ3n) is 5.09. The van der Waals surface area contributed by atoms with E-state index < -0.39 is 10.0 Å². The van der Waals surface area contributed by atoms with Crippen LogP contribution in [0.25, 0.3) is 0 Å². The van der Waals surface area contributed by atoms with E-state index in [2.05, 4.69) is 6.92 Å². The largest absolute Gasteiger partial charge is 0.264 e. The first-order valence-corrected chi connectivity index (χ1v) is 9.79. The molecule has 1 atom stereocenters. The van der Waals surface area contributed by atoms with Crippen molar-refractivity contribution in [1.82, 2.24) is 4.31 Å². The molecule has 1 unspecified atom stereocenters. The maximum atomic E-state index is 13.4. The summed E-state index contributed by atoms with van der Waals surface area (Å²) in [5.74, 6) is 0. The lowest BCUT2D eigenvalue weighted by Gasteiger charge is -2.39. The van der Waals surface area contributed by atoms with Gasteiger partial charge in [-0.15, -0.1) is 0 Å². The SMILES string of the molecule is CC1=C(C)C(c2ccccc2)N(S(=O)(=O)c2ccccc2)C(C)=C1C. The molecule has 130 valence electrons. The summed E-state index contributed by atoms with van der Waals surface area (Å²) in [5.41, 5.74) is 5.00. The van der Waals surface area contributed by atoms with Crippen LogP contribution in [0.4, 0.5) is 0 Å². The predicted molar refractivity (Wildman–Crippen MR) is 101 cm³/mol. The van der Waals surface area contributed by atoms with Crippen LogP contribution in [0.2, 0.25) is 0 Å². The van der Waals surface area contributed by atoms with Crippen molar-refractivity contribution in [1.29, 1.82) is 0 Å². The average Bonchev–Trinajstić information content (AvgIpc) is 2.64. The fourth-order valence-electron chi connectivity index (χ4n) is 3.35. The molecule has 0 N–H and O–H groups in total. The Morgan fingerprint density at radius 2 is 1.28 bits per heavy atom. The molecule has 0 aromatic heterocycles. The van der Waals surface area contributed by atoms with Crippen molar-refractivity contribution >= 4 is 10.0 Å². The molecule has 0 aliphatic carbocycles. The van der Waals surface area contributed by atoms with Crippen LogP contribution in [0.3, 0.4) is 0 Å². The molecule has 25 heavy (non-hydrogen) atoms. The van der Waals surface area contributed by atoms with Crippen molar-refractivity contribution in [2.45, 2.75) is 38.6 Å². The normalized spacial score (nSPS) is 18.7. The summed E-state index contributed by atoms with van der Waals surface area (Å²) in [5, 5.41) is 0. The molecule has 4 heteroatoms. The molecule has 1 aliphatic rings. The fraction of sp³-hybridized carbons (Fsp3) is 0.238. The van der Waals surface area contributed by atoms with Crippen molar-refractivity contribution < 1.29 is 8.42 Å². The monoisotopic (exact) mass is 353 g/mol. The first-order chi connectivity index (χ1) is 11.9. The number of nitrogens with zero attached hydrogens (tertiary/aromatic N) is 1. The van der Waals surface area contributed by atoms with Crippen LogP contribution in [-0.4, -0.2) is 12.7 Å². The fourth-order valence-corrected chi connectivity index (χ4v) is 5.14. The molecule has 2 aromatic carbocycles. The Morgan fingerprint density at radius 1 is 0.760 bits per heavy atom. The van der Waals surface area contributed by atoms with Crippen molar-refractivity contribution in [2.24, 2.45) is 0 Å². The van der Waals surface area contributed by atoms with Gasteiger partial charge in [-0.3, -0.25) is 4.31 Å². The van der Waals surface area contributed by atoms with E-state index in [0.29, 0.717) is 4.90 Å². The Hall–Kier alpha value is -2.33. The Labute approximate surface area is 150 Å². The smallest absolute Gasteiger partial charge is 0.259 e. The zero-order valence-corrected chi connectivity index (χ0v) is 15.8. The second-order valence-corrected chi connectivity index (χ2v) is 8.26. The molecule has 0 spiro atoms. The Kier molecular flexibility index (Phi) is 4.56. The minimum Gasteiger partial charge on any atom is -0.259 e. The molecule has 0 saturated carbocycles. The minimum absolute atomic E-state index is 0.315. The molecule has 0 bridgehead atoms. The number of hydrogen-bond acceptors (Lipinski definition) is 2. The first-order valence-electron chi connectivity index (χ1n) is 8.35. The van der Waals surface area contributed by atoms with E-state index >= 15 is 0 Å². The number of hydrogen-bond donors (Lipinski definition) is 0. The number of rotatable bonds is 3. The van der Waals surface area contributed by atoms with Gasteiger partial charge >= 0.3 is 0 Å². The van der Waals surface area contributed by atoms with Gasteiger partial charge in [0.05, 0.1) is 10.9 Å². The van der Waals surface area contributed by atoms with Gasteiger partial charge in [0.15, 0.2) is 0 Å². The molecule has 3 nitrogen and oxygen atoms in total. The van der Waals surface area contributed by atoms with Gasteiger partial charge in [0, 0.05) is 5.70 Å². The molecule has 0 radical (unpaired) electrons. The van der Waals surface area contributed by atoms with Gasteiger partial charge in [-0.05, 0) is 62.1 Å². The van der Waals surface area contributed by atoms with Crippen LogP contribution in [0, 0.1) is 0 Å². The van der Waals surface area contributed by atoms with E-state index in [-0.39, 0.29) is 6.04 Å². The lowest BCUT2D eigenvalue weighted by atomic mass is 9.89. The number of benzene rings is 2. The highest BCUT2D eigenvalue weighted by atomic mass is 32.2. The van der Waals surface area contributed by atoms with Crippen LogP contribution in [0.15, 0.2) is 88.0 Å². The lowest BCUT2D eigenvalue weighted by Crippen LogP contribution is -2.37. The van der Waals surface area contributed by atoms with E-state index in [9.17, 15) is 8.42 Å². The van der Waals surface area contributed by atoms with Crippen LogP contribution in [0.5, 0.6) is 0 Å². The molecule has 0 fully saturated rings. The molecular weight excluding hydrogens is 330 g/mol. The molecule has 1 heterocycles. The molecule has 0 saturated heterocycles. The minimum atomic E-state index is -3.66. The van der Waals surface area contributed by atoms with E-state index in [1.807, 2.05) is 57.2 Å². The molecule has 0 amide bonds. The number of sulfonamides is 1. The maximum Gasteiger partial charge on any atom is 0.264 e. The predicted octanol–water partition coefficient (Wildman–Crippen LogP) is 5.06. The van der Waals surface area contributed by atoms with Crippen LogP contribution in [-0.2, 0) is 10.0 Å². The van der Waals surface area contributed by atoms with E-state index in [4.69, 9.17) is 0 Å². The highest BCUT2D eigenvalue weighted by Crippen LogP contribution is 2.43. The Bertz CT molecular complexity index is 942. The average molecular weight is 353 g/mol. The summed E-state index contributed by atoms with van der Waals surface area (Å²) < 4.78 is 28.5. The van der Waals surface area contributed by atoms with E-state index in [0.717, 1.165) is 28.0 Å². The van der Waals surface area contributed by atoms with Crippen LogP contribution >= 0.6 is 0 Å². The summed E-state index contributed by atoms with van der Waals surface area (Å²) in [6.07, 6.45) is 0. The van der Waals surface area contributed by atoms with Gasteiger partial charge in [0.2, 0.25) is 0 Å². The first kappa shape index (κ1) is 17.5. The highest BCUT2D eigenvalue weighted by Gasteiger charge is 2.37. The number of allylic oxidation sites excluding steroid dienone is 3. The van der Waals surface area contributed by atoms with Gasteiger partial charge in [0.25, 0.3) is 10.0 Å². The van der Waals surface area contributed by atoms with E-state index in [1.54, 1.807) is 28.6 Å². The van der Waals surface area contributed by atoms with Gasteiger partial charge in [-0.1, -0.05) is 48.5 Å². The molecule has 1 aliphatic heterocycles. The van der Waals surface area contributed by atoms with Crippen molar-refractivity contribution in [3.63, 3.8) is 0 Å². The maximum absolute atomic E-state index is 13.4. The van der Waals surface area contributed by atoms with Crippen molar-refractivity contribution in [3.05, 3.63) is 88.6 Å². The second-order valence-electron chi connectivity index (χ2n) is 6.45. The standard InChI is InChI=1S/C21H23NO2S/c1-15-16(2)18(4)22(25(23,24)20-13-9-6-10-14-20)21(17(15)3)19-11-7-5-8-12-19/h5-14,21H,1-4H3. The summed E-state index contributed by atoms with van der Waals surface area (Å²) in [6.45, 7) is 7.97. The Morgan fingerprint density at radius 3 is 1.84 bits per heavy atom. The molecule has 3 rings (SSSR count). The van der Waals surface area contributed by atoms with Gasteiger partial charge in [-0.25, -0.2) is 8.42 Å². The topological polar surface area (TPSA) is 37.4 Å². The summed E-state index contributed by atoms with van der Waals surface area (Å²) in [6, 6.07) is 18.2. The van der Waals surface area contributed by atoms with Gasteiger partial charge in [-0.2, -0.15) is 0 Å². The zero-order valence-electron chi connectivity index (χ0n) is 15.0. The van der Waals surface area contributed by atoms with E-state index in [1.165, 1.54) is 0 Å². The Balaban J connectivity index is 2.25. The van der Waals surface area contributed by atoms with Gasteiger partial charge < -0.3 is 0 Å². The van der Waals surface area contributed by atoms with Crippen LogP contribution < -0.4 is 0 Å². The summed E-state index contributed by atoms with van der Waals surface area (Å²) in [7, 11) is -3.66. The molecular formula is C21H23NO2S. The van der Waals surface area contributed by atoms with Crippen molar-refractivity contribution in [2.75, 3.05) is 0 Å². The second kappa shape index (κ2) is 6.52. The van der Waals surface area contributed by atoms with Crippen LogP contribution in [0.1, 0.15) is 39.3 Å². The third kappa shape index (κ3) is 2.91. The molecule has 2 aromatic rings.